The maximum absolute atomic E-state index is 4.82. The van der Waals surface area contributed by atoms with Crippen molar-refractivity contribution in [2.24, 2.45) is 0 Å². The molecule has 1 aromatic heterocycles. The van der Waals surface area contributed by atoms with E-state index in [0.717, 1.165) is 24.6 Å². The summed E-state index contributed by atoms with van der Waals surface area (Å²) in [5.74, 6) is 1.15. The average molecular weight is 261 g/mol. The predicted octanol–water partition coefficient (Wildman–Crippen LogP) is 3.35. The van der Waals surface area contributed by atoms with Gasteiger partial charge in [0.2, 0.25) is 0 Å². The average Bonchev–Trinajstić information content (AvgIpc) is 2.84. The molecule has 0 bridgehead atoms. The third kappa shape index (κ3) is 3.93. The van der Waals surface area contributed by atoms with Gasteiger partial charge in [0.15, 0.2) is 0 Å². The second kappa shape index (κ2) is 5.91. The van der Waals surface area contributed by atoms with Crippen LogP contribution in [-0.2, 0) is 6.54 Å². The number of hydrogen-bond donors (Lipinski definition) is 1. The Hall–Kier alpha value is -1.09. The smallest absolute Gasteiger partial charge is 0.129 e. The molecule has 1 aromatic rings. The molecule has 1 aliphatic heterocycles. The van der Waals surface area contributed by atoms with Crippen molar-refractivity contribution in [1.82, 2.24) is 10.3 Å². The molecular formula is C16H27N3. The van der Waals surface area contributed by atoms with Gasteiger partial charge in [-0.1, -0.05) is 13.0 Å². The molecule has 1 atom stereocenters. The molecule has 1 saturated heterocycles. The first-order chi connectivity index (χ1) is 8.99. The standard InChI is InChI=1S/C16H27N3/c1-5-14-9-7-11-19(14)15-10-6-8-13(18-15)12-17-16(2,3)4/h6,8,10,14,17H,5,7,9,11-12H2,1-4H3. The van der Waals surface area contributed by atoms with Crippen LogP contribution in [0.5, 0.6) is 0 Å². The first-order valence-corrected chi connectivity index (χ1v) is 7.47. The van der Waals surface area contributed by atoms with Gasteiger partial charge >= 0.3 is 0 Å². The summed E-state index contributed by atoms with van der Waals surface area (Å²) in [5.41, 5.74) is 1.27. The summed E-state index contributed by atoms with van der Waals surface area (Å²) in [6.07, 6.45) is 3.82. The van der Waals surface area contributed by atoms with E-state index in [2.05, 4.69) is 56.1 Å². The van der Waals surface area contributed by atoms with Gasteiger partial charge in [0.1, 0.15) is 5.82 Å². The van der Waals surface area contributed by atoms with Gasteiger partial charge in [0.05, 0.1) is 5.69 Å². The zero-order valence-electron chi connectivity index (χ0n) is 12.7. The molecule has 0 saturated carbocycles. The normalized spacial score (nSPS) is 20.0. The number of hydrogen-bond acceptors (Lipinski definition) is 3. The molecule has 1 N–H and O–H groups in total. The molecule has 1 unspecified atom stereocenters. The molecule has 0 aromatic carbocycles. The Balaban J connectivity index is 2.06. The third-order valence-corrected chi connectivity index (χ3v) is 3.73. The summed E-state index contributed by atoms with van der Waals surface area (Å²) in [4.78, 5) is 7.29. The molecule has 0 aliphatic carbocycles. The predicted molar refractivity (Wildman–Crippen MR) is 81.5 cm³/mol. The Labute approximate surface area is 117 Å². The number of nitrogens with zero attached hydrogens (tertiary/aromatic N) is 2. The minimum Gasteiger partial charge on any atom is -0.354 e. The lowest BCUT2D eigenvalue weighted by molar-refractivity contribution is 0.421. The second-order valence-electron chi connectivity index (χ2n) is 6.49. The first-order valence-electron chi connectivity index (χ1n) is 7.47. The van der Waals surface area contributed by atoms with E-state index in [9.17, 15) is 0 Å². The van der Waals surface area contributed by atoms with Crippen LogP contribution in [0.1, 0.15) is 52.7 Å². The maximum Gasteiger partial charge on any atom is 0.129 e. The molecule has 0 radical (unpaired) electrons. The fourth-order valence-corrected chi connectivity index (χ4v) is 2.64. The Bertz CT molecular complexity index is 409. The van der Waals surface area contributed by atoms with E-state index < -0.39 is 0 Å². The lowest BCUT2D eigenvalue weighted by Gasteiger charge is -2.25. The van der Waals surface area contributed by atoms with Gasteiger partial charge in [-0.15, -0.1) is 0 Å². The molecule has 19 heavy (non-hydrogen) atoms. The fourth-order valence-electron chi connectivity index (χ4n) is 2.64. The van der Waals surface area contributed by atoms with Crippen molar-refractivity contribution in [2.45, 2.75) is 65.1 Å². The summed E-state index contributed by atoms with van der Waals surface area (Å²) in [5, 5.41) is 3.50. The molecule has 0 amide bonds. The highest BCUT2D eigenvalue weighted by Crippen LogP contribution is 2.25. The number of pyridine rings is 1. The molecule has 2 rings (SSSR count). The lowest BCUT2D eigenvalue weighted by Crippen LogP contribution is -2.35. The quantitative estimate of drug-likeness (QED) is 0.901. The van der Waals surface area contributed by atoms with Crippen molar-refractivity contribution in [1.29, 1.82) is 0 Å². The van der Waals surface area contributed by atoms with Crippen molar-refractivity contribution >= 4 is 5.82 Å². The number of rotatable bonds is 4. The van der Waals surface area contributed by atoms with E-state index in [1.807, 2.05) is 0 Å². The summed E-state index contributed by atoms with van der Waals surface area (Å²) in [6.45, 7) is 10.8. The first kappa shape index (κ1) is 14.3. The van der Waals surface area contributed by atoms with Gasteiger partial charge in [-0.2, -0.15) is 0 Å². The lowest BCUT2D eigenvalue weighted by atomic mass is 10.1. The van der Waals surface area contributed by atoms with Crippen LogP contribution in [0, 0.1) is 0 Å². The second-order valence-corrected chi connectivity index (χ2v) is 6.49. The van der Waals surface area contributed by atoms with E-state index >= 15 is 0 Å². The van der Waals surface area contributed by atoms with Crippen molar-refractivity contribution in [3.05, 3.63) is 23.9 Å². The van der Waals surface area contributed by atoms with Crippen LogP contribution in [0.3, 0.4) is 0 Å². The minimum absolute atomic E-state index is 0.136. The SMILES string of the molecule is CCC1CCCN1c1cccc(CNC(C)(C)C)n1. The molecule has 2 heterocycles. The highest BCUT2D eigenvalue weighted by Gasteiger charge is 2.23. The molecule has 0 spiro atoms. The highest BCUT2D eigenvalue weighted by molar-refractivity contribution is 5.41. The molecule has 3 nitrogen and oxygen atoms in total. The maximum atomic E-state index is 4.82. The Morgan fingerprint density at radius 2 is 2.16 bits per heavy atom. The molecule has 106 valence electrons. The zero-order chi connectivity index (χ0) is 13.9. The highest BCUT2D eigenvalue weighted by atomic mass is 15.2. The van der Waals surface area contributed by atoms with Crippen LogP contribution in [0.2, 0.25) is 0 Å². The number of aromatic nitrogens is 1. The van der Waals surface area contributed by atoms with Crippen LogP contribution in [0.15, 0.2) is 18.2 Å². The van der Waals surface area contributed by atoms with Crippen molar-refractivity contribution in [3.63, 3.8) is 0 Å². The largest absolute Gasteiger partial charge is 0.354 e. The molecular weight excluding hydrogens is 234 g/mol. The molecule has 3 heteroatoms. The fraction of sp³-hybridized carbons (Fsp3) is 0.688. The summed E-state index contributed by atoms with van der Waals surface area (Å²) >= 11 is 0. The number of nitrogens with one attached hydrogen (secondary N) is 1. The summed E-state index contributed by atoms with van der Waals surface area (Å²) in [6, 6.07) is 7.07. The zero-order valence-corrected chi connectivity index (χ0v) is 12.7. The Morgan fingerprint density at radius 3 is 2.84 bits per heavy atom. The van der Waals surface area contributed by atoms with Gasteiger partial charge in [-0.05, 0) is 52.2 Å². The van der Waals surface area contributed by atoms with Gasteiger partial charge in [0, 0.05) is 24.7 Å². The van der Waals surface area contributed by atoms with Crippen molar-refractivity contribution < 1.29 is 0 Å². The Kier molecular flexibility index (Phi) is 4.46. The van der Waals surface area contributed by atoms with Crippen LogP contribution in [-0.4, -0.2) is 23.1 Å². The van der Waals surface area contributed by atoms with Crippen LogP contribution < -0.4 is 10.2 Å². The van der Waals surface area contributed by atoms with Crippen LogP contribution >= 0.6 is 0 Å². The van der Waals surface area contributed by atoms with E-state index in [0.29, 0.717) is 6.04 Å². The van der Waals surface area contributed by atoms with E-state index in [-0.39, 0.29) is 5.54 Å². The van der Waals surface area contributed by atoms with Gasteiger partial charge < -0.3 is 10.2 Å². The van der Waals surface area contributed by atoms with Crippen molar-refractivity contribution in [3.8, 4) is 0 Å². The number of anilines is 1. The van der Waals surface area contributed by atoms with Crippen LogP contribution in [0.4, 0.5) is 5.82 Å². The third-order valence-electron chi connectivity index (χ3n) is 3.73. The summed E-state index contributed by atoms with van der Waals surface area (Å²) < 4.78 is 0. The minimum atomic E-state index is 0.136. The van der Waals surface area contributed by atoms with E-state index in [1.165, 1.54) is 19.3 Å². The van der Waals surface area contributed by atoms with E-state index in [1.54, 1.807) is 0 Å². The Morgan fingerprint density at radius 1 is 1.37 bits per heavy atom. The van der Waals surface area contributed by atoms with Gasteiger partial charge in [-0.3, -0.25) is 0 Å². The monoisotopic (exact) mass is 261 g/mol. The molecule has 1 fully saturated rings. The van der Waals surface area contributed by atoms with E-state index in [4.69, 9.17) is 4.98 Å². The summed E-state index contributed by atoms with van der Waals surface area (Å²) in [7, 11) is 0. The molecule has 1 aliphatic rings. The van der Waals surface area contributed by atoms with Gasteiger partial charge in [0.25, 0.3) is 0 Å². The van der Waals surface area contributed by atoms with Crippen molar-refractivity contribution in [2.75, 3.05) is 11.4 Å². The topological polar surface area (TPSA) is 28.2 Å². The van der Waals surface area contributed by atoms with Crippen LogP contribution in [0.25, 0.3) is 0 Å². The van der Waals surface area contributed by atoms with Gasteiger partial charge in [-0.25, -0.2) is 4.98 Å².